The summed E-state index contributed by atoms with van der Waals surface area (Å²) in [6.45, 7) is 2.17. The number of oxazole rings is 1. The van der Waals surface area contributed by atoms with Gasteiger partial charge in [-0.3, -0.25) is 4.57 Å². The smallest absolute Gasteiger partial charge is 0.408 e. The number of aromatic nitrogens is 1. The number of hydrogen-bond acceptors (Lipinski definition) is 4. The zero-order chi connectivity index (χ0) is 17.1. The van der Waals surface area contributed by atoms with E-state index in [1.807, 2.05) is 11.8 Å². The van der Waals surface area contributed by atoms with Crippen LogP contribution in [0.2, 0.25) is 0 Å². The number of carbonyl (C=O) groups is 1. The number of benzene rings is 1. The molecule has 0 spiro atoms. The van der Waals surface area contributed by atoms with E-state index in [1.165, 1.54) is 11.0 Å². The topological polar surface area (TPSA) is 76.3 Å². The lowest BCUT2D eigenvalue weighted by molar-refractivity contribution is 0.244. The molecule has 0 aliphatic heterocycles. The third-order valence-corrected chi connectivity index (χ3v) is 5.65. The SMILES string of the molecule is CCS[C@@H]1CCC[C@H](NC(=O)Nc2ccc3c(c2)oc(=O)n3C)C1. The van der Waals surface area contributed by atoms with Crippen LogP contribution in [-0.4, -0.2) is 27.6 Å². The molecule has 1 aliphatic carbocycles. The number of urea groups is 1. The van der Waals surface area contributed by atoms with Crippen LogP contribution in [0.25, 0.3) is 11.1 Å². The second-order valence-electron chi connectivity index (χ2n) is 6.15. The maximum atomic E-state index is 12.2. The van der Waals surface area contributed by atoms with Crippen LogP contribution in [0.4, 0.5) is 10.5 Å². The third-order valence-electron chi connectivity index (χ3n) is 4.41. The second-order valence-corrected chi connectivity index (χ2v) is 7.73. The van der Waals surface area contributed by atoms with Gasteiger partial charge in [0.15, 0.2) is 5.58 Å². The molecular formula is C17H23N3O3S. The molecule has 24 heavy (non-hydrogen) atoms. The first-order chi connectivity index (χ1) is 11.6. The molecule has 2 amide bonds. The molecule has 1 aromatic heterocycles. The Bertz CT molecular complexity index is 781. The van der Waals surface area contributed by atoms with Crippen LogP contribution < -0.4 is 16.4 Å². The summed E-state index contributed by atoms with van der Waals surface area (Å²) < 4.78 is 6.58. The molecule has 2 aromatic rings. The number of rotatable bonds is 4. The monoisotopic (exact) mass is 349 g/mol. The summed E-state index contributed by atoms with van der Waals surface area (Å²) in [5.74, 6) is 0.708. The van der Waals surface area contributed by atoms with Gasteiger partial charge in [0.1, 0.15) is 0 Å². The van der Waals surface area contributed by atoms with Crippen molar-refractivity contribution in [3.63, 3.8) is 0 Å². The Morgan fingerprint density at radius 3 is 3.04 bits per heavy atom. The second kappa shape index (κ2) is 7.34. The lowest BCUT2D eigenvalue weighted by atomic mass is 9.95. The normalized spacial score (nSPS) is 20.9. The molecule has 2 N–H and O–H groups in total. The van der Waals surface area contributed by atoms with Crippen molar-refractivity contribution < 1.29 is 9.21 Å². The minimum Gasteiger partial charge on any atom is -0.408 e. The van der Waals surface area contributed by atoms with Gasteiger partial charge in [0.05, 0.1) is 5.52 Å². The van der Waals surface area contributed by atoms with Gasteiger partial charge in [0.2, 0.25) is 0 Å². The third kappa shape index (κ3) is 3.77. The van der Waals surface area contributed by atoms with Gasteiger partial charge in [-0.2, -0.15) is 11.8 Å². The summed E-state index contributed by atoms with van der Waals surface area (Å²) in [6, 6.07) is 5.23. The van der Waals surface area contributed by atoms with Crippen LogP contribution >= 0.6 is 11.8 Å². The average molecular weight is 349 g/mol. The number of fused-ring (bicyclic) bond motifs is 1. The maximum Gasteiger partial charge on any atom is 0.419 e. The minimum atomic E-state index is -0.409. The Morgan fingerprint density at radius 1 is 1.42 bits per heavy atom. The van der Waals surface area contributed by atoms with Crippen molar-refractivity contribution in [2.75, 3.05) is 11.1 Å². The molecule has 1 aliphatic rings. The highest BCUT2D eigenvalue weighted by molar-refractivity contribution is 7.99. The highest BCUT2D eigenvalue weighted by Gasteiger charge is 2.23. The molecular weight excluding hydrogens is 326 g/mol. The number of hydrogen-bond donors (Lipinski definition) is 2. The van der Waals surface area contributed by atoms with Gasteiger partial charge in [-0.05, 0) is 37.1 Å². The van der Waals surface area contributed by atoms with Crippen molar-refractivity contribution in [1.82, 2.24) is 9.88 Å². The largest absolute Gasteiger partial charge is 0.419 e. The molecule has 3 rings (SSSR count). The molecule has 1 fully saturated rings. The predicted molar refractivity (Wildman–Crippen MR) is 97.8 cm³/mol. The number of anilines is 1. The lowest BCUT2D eigenvalue weighted by Gasteiger charge is -2.29. The van der Waals surface area contributed by atoms with Gasteiger partial charge in [-0.1, -0.05) is 13.3 Å². The number of nitrogens with one attached hydrogen (secondary N) is 2. The number of nitrogens with zero attached hydrogens (tertiary/aromatic N) is 1. The Morgan fingerprint density at radius 2 is 2.25 bits per heavy atom. The summed E-state index contributed by atoms with van der Waals surface area (Å²) >= 11 is 1.98. The molecule has 2 atom stereocenters. The van der Waals surface area contributed by atoms with E-state index >= 15 is 0 Å². The molecule has 0 saturated heterocycles. The van der Waals surface area contributed by atoms with Crippen molar-refractivity contribution >= 4 is 34.6 Å². The Hall–Kier alpha value is -1.89. The predicted octanol–water partition coefficient (Wildman–Crippen LogP) is 3.32. The minimum absolute atomic E-state index is 0.209. The van der Waals surface area contributed by atoms with Gasteiger partial charge >= 0.3 is 11.8 Å². The molecule has 0 radical (unpaired) electrons. The van der Waals surface area contributed by atoms with Gasteiger partial charge < -0.3 is 15.1 Å². The number of thioether (sulfide) groups is 1. The van der Waals surface area contributed by atoms with Crippen LogP contribution in [0.1, 0.15) is 32.6 Å². The zero-order valence-electron chi connectivity index (χ0n) is 14.0. The molecule has 0 unspecified atom stereocenters. The number of amides is 2. The number of carbonyl (C=O) groups excluding carboxylic acids is 1. The van der Waals surface area contributed by atoms with Crippen molar-refractivity contribution in [2.24, 2.45) is 7.05 Å². The molecule has 130 valence electrons. The highest BCUT2D eigenvalue weighted by atomic mass is 32.2. The van der Waals surface area contributed by atoms with E-state index < -0.39 is 5.76 Å². The quantitative estimate of drug-likeness (QED) is 0.888. The standard InChI is InChI=1S/C17H23N3O3S/c1-3-24-13-6-4-5-11(9-13)18-16(21)19-12-7-8-14-15(10-12)23-17(22)20(14)2/h7-8,10-11,13H,3-6,9H2,1-2H3,(H2,18,19,21)/t11-,13+/m0/s1. The highest BCUT2D eigenvalue weighted by Crippen LogP contribution is 2.28. The Kier molecular flexibility index (Phi) is 5.18. The molecule has 1 aromatic carbocycles. The first-order valence-corrected chi connectivity index (χ1v) is 9.40. The van der Waals surface area contributed by atoms with E-state index in [0.29, 0.717) is 22.0 Å². The van der Waals surface area contributed by atoms with Gasteiger partial charge in [0, 0.05) is 30.1 Å². The van der Waals surface area contributed by atoms with E-state index in [1.54, 1.807) is 25.2 Å². The van der Waals surface area contributed by atoms with Crippen LogP contribution in [0.15, 0.2) is 27.4 Å². The molecule has 0 bridgehead atoms. The van der Waals surface area contributed by atoms with Crippen molar-refractivity contribution in [2.45, 2.75) is 43.9 Å². The Labute approximate surface area is 145 Å². The lowest BCUT2D eigenvalue weighted by Crippen LogP contribution is -2.41. The van der Waals surface area contributed by atoms with E-state index in [9.17, 15) is 9.59 Å². The van der Waals surface area contributed by atoms with Gasteiger partial charge in [0.25, 0.3) is 0 Å². The summed E-state index contributed by atoms with van der Waals surface area (Å²) in [7, 11) is 1.65. The van der Waals surface area contributed by atoms with Crippen molar-refractivity contribution in [3.05, 3.63) is 28.7 Å². The van der Waals surface area contributed by atoms with Gasteiger partial charge in [-0.25, -0.2) is 9.59 Å². The van der Waals surface area contributed by atoms with E-state index in [2.05, 4.69) is 17.6 Å². The van der Waals surface area contributed by atoms with E-state index in [-0.39, 0.29) is 12.1 Å². The van der Waals surface area contributed by atoms with Crippen LogP contribution in [0.3, 0.4) is 0 Å². The zero-order valence-corrected chi connectivity index (χ0v) is 14.8. The van der Waals surface area contributed by atoms with Gasteiger partial charge in [-0.15, -0.1) is 0 Å². The summed E-state index contributed by atoms with van der Waals surface area (Å²) in [5, 5.41) is 6.53. The van der Waals surface area contributed by atoms with Crippen molar-refractivity contribution in [3.8, 4) is 0 Å². The molecule has 7 heteroatoms. The fourth-order valence-electron chi connectivity index (χ4n) is 3.23. The number of aryl methyl sites for hydroxylation is 1. The van der Waals surface area contributed by atoms with Crippen LogP contribution in [-0.2, 0) is 7.05 Å². The van der Waals surface area contributed by atoms with Crippen LogP contribution in [0.5, 0.6) is 0 Å². The van der Waals surface area contributed by atoms with Crippen molar-refractivity contribution in [1.29, 1.82) is 0 Å². The maximum absolute atomic E-state index is 12.2. The fourth-order valence-corrected chi connectivity index (χ4v) is 4.40. The summed E-state index contributed by atoms with van der Waals surface area (Å²) in [4.78, 5) is 23.7. The van der Waals surface area contributed by atoms with E-state index in [4.69, 9.17) is 4.42 Å². The van der Waals surface area contributed by atoms with Crippen LogP contribution in [0, 0.1) is 0 Å². The first-order valence-electron chi connectivity index (χ1n) is 8.35. The first kappa shape index (κ1) is 17.0. The fraction of sp³-hybridized carbons (Fsp3) is 0.529. The Balaban J connectivity index is 1.61. The molecule has 6 nitrogen and oxygen atoms in total. The average Bonchev–Trinajstić information content (AvgIpc) is 2.82. The molecule has 1 heterocycles. The summed E-state index contributed by atoms with van der Waals surface area (Å²) in [6.07, 6.45) is 4.45. The van der Waals surface area contributed by atoms with E-state index in [0.717, 1.165) is 25.0 Å². The summed E-state index contributed by atoms with van der Waals surface area (Å²) in [5.41, 5.74) is 1.79. The molecule has 1 saturated carbocycles.